The average molecular weight is 196 g/mol. The van der Waals surface area contributed by atoms with Gasteiger partial charge in [0.1, 0.15) is 0 Å². The number of allylic oxidation sites excluding steroid dienone is 1. The van der Waals surface area contributed by atoms with Gasteiger partial charge in [0.15, 0.2) is 0 Å². The van der Waals surface area contributed by atoms with Gasteiger partial charge in [-0.25, -0.2) is 0 Å². The lowest BCUT2D eigenvalue weighted by atomic mass is 10.1. The molecule has 1 aliphatic heterocycles. The second-order valence-corrected chi connectivity index (χ2v) is 3.74. The van der Waals surface area contributed by atoms with Crippen molar-refractivity contribution in [2.75, 3.05) is 19.6 Å². The minimum absolute atomic E-state index is 0.0375. The van der Waals surface area contributed by atoms with Crippen molar-refractivity contribution in [2.45, 2.75) is 32.7 Å². The van der Waals surface area contributed by atoms with Crippen LogP contribution in [0.2, 0.25) is 0 Å². The highest BCUT2D eigenvalue weighted by molar-refractivity contribution is 5.87. The number of hydrogen-bond acceptors (Lipinski definition) is 2. The van der Waals surface area contributed by atoms with Crippen LogP contribution < -0.4 is 5.32 Å². The molecule has 3 nitrogen and oxygen atoms in total. The van der Waals surface area contributed by atoms with Crippen molar-refractivity contribution < 1.29 is 4.79 Å². The second-order valence-electron chi connectivity index (χ2n) is 3.74. The standard InChI is InChI=1S/C11H20N2O/c1-3-6-11(14)12-10-7-5-8-13(4-2)9-10/h3,6,10H,4-5,7-9H2,1-2H3,(H,12,14). The molecule has 1 N–H and O–H groups in total. The summed E-state index contributed by atoms with van der Waals surface area (Å²) >= 11 is 0. The lowest BCUT2D eigenvalue weighted by molar-refractivity contribution is -0.117. The van der Waals surface area contributed by atoms with E-state index in [1.807, 2.05) is 6.92 Å². The molecular formula is C11H20N2O. The van der Waals surface area contributed by atoms with E-state index in [0.717, 1.165) is 19.5 Å². The Morgan fingerprint density at radius 2 is 2.43 bits per heavy atom. The van der Waals surface area contributed by atoms with Gasteiger partial charge in [-0.05, 0) is 38.9 Å². The molecule has 0 aromatic heterocycles. The summed E-state index contributed by atoms with van der Waals surface area (Å²) in [5.41, 5.74) is 0. The largest absolute Gasteiger partial charge is 0.349 e. The van der Waals surface area contributed by atoms with E-state index >= 15 is 0 Å². The summed E-state index contributed by atoms with van der Waals surface area (Å²) in [6, 6.07) is 0.340. The SMILES string of the molecule is CC=CC(=O)NC1CCCN(CC)C1. The number of rotatable bonds is 3. The minimum Gasteiger partial charge on any atom is -0.349 e. The van der Waals surface area contributed by atoms with Crippen molar-refractivity contribution in [1.82, 2.24) is 10.2 Å². The molecule has 80 valence electrons. The number of hydrogen-bond donors (Lipinski definition) is 1. The van der Waals surface area contributed by atoms with Gasteiger partial charge < -0.3 is 10.2 Å². The number of carbonyl (C=O) groups excluding carboxylic acids is 1. The highest BCUT2D eigenvalue weighted by Crippen LogP contribution is 2.09. The normalized spacial score (nSPS) is 24.0. The van der Waals surface area contributed by atoms with Crippen LogP contribution >= 0.6 is 0 Å². The van der Waals surface area contributed by atoms with Crippen LogP contribution in [0.1, 0.15) is 26.7 Å². The monoisotopic (exact) mass is 196 g/mol. The van der Waals surface area contributed by atoms with E-state index in [1.165, 1.54) is 13.0 Å². The molecule has 1 rings (SSSR count). The third-order valence-electron chi connectivity index (χ3n) is 2.62. The van der Waals surface area contributed by atoms with Crippen LogP contribution in [-0.4, -0.2) is 36.5 Å². The number of nitrogens with zero attached hydrogens (tertiary/aromatic N) is 1. The van der Waals surface area contributed by atoms with Crippen molar-refractivity contribution in [1.29, 1.82) is 0 Å². The van der Waals surface area contributed by atoms with Gasteiger partial charge in [-0.2, -0.15) is 0 Å². The average Bonchev–Trinajstić information content (AvgIpc) is 2.18. The van der Waals surface area contributed by atoms with Crippen LogP contribution in [0.25, 0.3) is 0 Å². The molecule has 0 radical (unpaired) electrons. The molecule has 0 spiro atoms. The minimum atomic E-state index is 0.0375. The lowest BCUT2D eigenvalue weighted by Crippen LogP contribution is -2.47. The van der Waals surface area contributed by atoms with Gasteiger partial charge in [0, 0.05) is 12.6 Å². The summed E-state index contributed by atoms with van der Waals surface area (Å²) in [7, 11) is 0. The maximum atomic E-state index is 11.3. The van der Waals surface area contributed by atoms with Crippen molar-refractivity contribution in [3.8, 4) is 0 Å². The molecule has 0 aliphatic carbocycles. The summed E-state index contributed by atoms with van der Waals surface area (Å²) in [4.78, 5) is 13.7. The number of nitrogens with one attached hydrogen (secondary N) is 1. The van der Waals surface area contributed by atoms with E-state index < -0.39 is 0 Å². The molecular weight excluding hydrogens is 176 g/mol. The zero-order chi connectivity index (χ0) is 10.4. The maximum Gasteiger partial charge on any atom is 0.243 e. The van der Waals surface area contributed by atoms with E-state index in [-0.39, 0.29) is 5.91 Å². The molecule has 0 bridgehead atoms. The molecule has 14 heavy (non-hydrogen) atoms. The Morgan fingerprint density at radius 1 is 1.64 bits per heavy atom. The molecule has 0 aromatic carbocycles. The first-order chi connectivity index (χ1) is 6.76. The molecule has 1 heterocycles. The Balaban J connectivity index is 2.33. The van der Waals surface area contributed by atoms with Gasteiger partial charge in [0.25, 0.3) is 0 Å². The Kier molecular flexibility index (Phi) is 4.66. The van der Waals surface area contributed by atoms with Crippen LogP contribution in [-0.2, 0) is 4.79 Å². The topological polar surface area (TPSA) is 32.3 Å². The first-order valence-electron chi connectivity index (χ1n) is 5.41. The van der Waals surface area contributed by atoms with E-state index in [4.69, 9.17) is 0 Å². The van der Waals surface area contributed by atoms with E-state index in [1.54, 1.807) is 12.2 Å². The highest BCUT2D eigenvalue weighted by Gasteiger charge is 2.18. The van der Waals surface area contributed by atoms with Crippen molar-refractivity contribution in [3.63, 3.8) is 0 Å². The number of amides is 1. The fraction of sp³-hybridized carbons (Fsp3) is 0.727. The van der Waals surface area contributed by atoms with E-state index in [0.29, 0.717) is 6.04 Å². The van der Waals surface area contributed by atoms with E-state index in [9.17, 15) is 4.79 Å². The molecule has 1 amide bonds. The number of carbonyl (C=O) groups is 1. The van der Waals surface area contributed by atoms with Gasteiger partial charge in [0.05, 0.1) is 0 Å². The summed E-state index contributed by atoms with van der Waals surface area (Å²) < 4.78 is 0. The molecule has 1 atom stereocenters. The smallest absolute Gasteiger partial charge is 0.243 e. The summed E-state index contributed by atoms with van der Waals surface area (Å²) in [6.45, 7) is 7.28. The molecule has 1 fully saturated rings. The number of likely N-dealkylation sites (N-methyl/N-ethyl adjacent to an activating group) is 1. The first kappa shape index (κ1) is 11.2. The van der Waals surface area contributed by atoms with E-state index in [2.05, 4.69) is 17.1 Å². The van der Waals surface area contributed by atoms with Gasteiger partial charge >= 0.3 is 0 Å². The Hall–Kier alpha value is -0.830. The number of piperidine rings is 1. The fourth-order valence-electron chi connectivity index (χ4n) is 1.86. The van der Waals surface area contributed by atoms with Crippen LogP contribution in [0.3, 0.4) is 0 Å². The Bertz CT molecular complexity index is 213. The first-order valence-corrected chi connectivity index (χ1v) is 5.41. The molecule has 0 aromatic rings. The van der Waals surface area contributed by atoms with Crippen LogP contribution in [0.4, 0.5) is 0 Å². The van der Waals surface area contributed by atoms with Crippen molar-refractivity contribution >= 4 is 5.91 Å². The quantitative estimate of drug-likeness (QED) is 0.687. The zero-order valence-corrected chi connectivity index (χ0v) is 9.12. The van der Waals surface area contributed by atoms with Crippen LogP contribution in [0, 0.1) is 0 Å². The van der Waals surface area contributed by atoms with Gasteiger partial charge in [-0.1, -0.05) is 13.0 Å². The predicted octanol–water partition coefficient (Wildman–Crippen LogP) is 1.16. The third kappa shape index (κ3) is 3.50. The van der Waals surface area contributed by atoms with Gasteiger partial charge in [-0.3, -0.25) is 4.79 Å². The van der Waals surface area contributed by atoms with Gasteiger partial charge in [-0.15, -0.1) is 0 Å². The zero-order valence-electron chi connectivity index (χ0n) is 9.12. The van der Waals surface area contributed by atoms with Crippen molar-refractivity contribution in [2.24, 2.45) is 0 Å². The molecule has 1 aliphatic rings. The third-order valence-corrected chi connectivity index (χ3v) is 2.62. The van der Waals surface area contributed by atoms with Crippen LogP contribution in [0.15, 0.2) is 12.2 Å². The number of likely N-dealkylation sites (tertiary alicyclic amines) is 1. The summed E-state index contributed by atoms with van der Waals surface area (Å²) in [5.74, 6) is 0.0375. The summed E-state index contributed by atoms with van der Waals surface area (Å²) in [6.07, 6.45) is 5.66. The molecule has 1 saturated heterocycles. The highest BCUT2D eigenvalue weighted by atomic mass is 16.1. The maximum absolute atomic E-state index is 11.3. The molecule has 3 heteroatoms. The Labute approximate surface area is 86.2 Å². The van der Waals surface area contributed by atoms with Crippen molar-refractivity contribution in [3.05, 3.63) is 12.2 Å². The van der Waals surface area contributed by atoms with Gasteiger partial charge in [0.2, 0.25) is 5.91 Å². The Morgan fingerprint density at radius 3 is 3.07 bits per heavy atom. The van der Waals surface area contributed by atoms with Crippen LogP contribution in [0.5, 0.6) is 0 Å². The molecule has 0 saturated carbocycles. The summed E-state index contributed by atoms with van der Waals surface area (Å²) in [5, 5.41) is 3.02. The fourth-order valence-corrected chi connectivity index (χ4v) is 1.86. The second kappa shape index (κ2) is 5.81. The molecule has 1 unspecified atom stereocenters. The predicted molar refractivity (Wildman–Crippen MR) is 58.1 cm³/mol. The lowest BCUT2D eigenvalue weighted by Gasteiger charge is -2.31.